The number of thioether (sulfide) groups is 1. The smallest absolute Gasteiger partial charge is 0.127 e. The number of hydrogen-bond donors (Lipinski definition) is 1. The summed E-state index contributed by atoms with van der Waals surface area (Å²) in [5.41, 5.74) is 1.09. The quantitative estimate of drug-likeness (QED) is 0.793. The van der Waals surface area contributed by atoms with Gasteiger partial charge in [-0.3, -0.25) is 4.98 Å². The molecule has 1 heterocycles. The van der Waals surface area contributed by atoms with Gasteiger partial charge in [-0.2, -0.15) is 0 Å². The molecule has 0 saturated carbocycles. The molecule has 6 heteroatoms. The first-order valence-corrected chi connectivity index (χ1v) is 7.55. The molecule has 5 nitrogen and oxygen atoms in total. The molecule has 0 aliphatic carbocycles. The van der Waals surface area contributed by atoms with E-state index in [9.17, 15) is 0 Å². The van der Waals surface area contributed by atoms with Crippen LogP contribution in [0.2, 0.25) is 0 Å². The molecule has 1 atom stereocenters. The summed E-state index contributed by atoms with van der Waals surface area (Å²) in [5, 5.41) is 4.22. The summed E-state index contributed by atoms with van der Waals surface area (Å²) in [7, 11) is 5.25. The Bertz CT molecular complexity index is 566. The maximum absolute atomic E-state index is 5.47. The molecular weight excluding hydrogens is 286 g/mol. The van der Waals surface area contributed by atoms with Gasteiger partial charge in [-0.25, -0.2) is 4.98 Å². The van der Waals surface area contributed by atoms with Crippen LogP contribution in [0.1, 0.15) is 11.6 Å². The molecule has 0 bridgehead atoms. The fraction of sp³-hybridized carbons (Fsp3) is 0.333. The number of aromatic nitrogens is 2. The van der Waals surface area contributed by atoms with Gasteiger partial charge in [-0.15, -0.1) is 11.8 Å². The highest BCUT2D eigenvalue weighted by Gasteiger charge is 2.16. The number of methoxy groups -OCH3 is 2. The minimum absolute atomic E-state index is 0.151. The van der Waals surface area contributed by atoms with Crippen molar-refractivity contribution >= 4 is 11.8 Å². The highest BCUT2D eigenvalue weighted by atomic mass is 32.2. The molecule has 0 spiro atoms. The molecular formula is C15H19N3O2S. The fourth-order valence-corrected chi connectivity index (χ4v) is 2.92. The zero-order valence-corrected chi connectivity index (χ0v) is 13.2. The third-order valence-corrected chi connectivity index (χ3v) is 4.11. The maximum Gasteiger partial charge on any atom is 0.127 e. The van der Waals surface area contributed by atoms with E-state index in [1.165, 1.54) is 0 Å². The number of nitrogens with zero attached hydrogens (tertiary/aromatic N) is 2. The summed E-state index contributed by atoms with van der Waals surface area (Å²) in [6.07, 6.45) is 5.14. The maximum atomic E-state index is 5.47. The van der Waals surface area contributed by atoms with Crippen LogP contribution in [0.3, 0.4) is 0 Å². The number of benzene rings is 1. The van der Waals surface area contributed by atoms with Gasteiger partial charge >= 0.3 is 0 Å². The molecule has 0 radical (unpaired) electrons. The van der Waals surface area contributed by atoms with Crippen molar-refractivity contribution in [3.8, 4) is 11.5 Å². The number of hydrogen-bond acceptors (Lipinski definition) is 6. The minimum Gasteiger partial charge on any atom is -0.497 e. The Hall–Kier alpha value is -1.79. The molecule has 2 rings (SSSR count). The summed E-state index contributed by atoms with van der Waals surface area (Å²) in [6, 6.07) is 6.01. The largest absolute Gasteiger partial charge is 0.497 e. The van der Waals surface area contributed by atoms with Crippen molar-refractivity contribution in [1.29, 1.82) is 0 Å². The lowest BCUT2D eigenvalue weighted by molar-refractivity contribution is 0.387. The van der Waals surface area contributed by atoms with E-state index >= 15 is 0 Å². The van der Waals surface area contributed by atoms with Crippen LogP contribution in [0.15, 0.2) is 41.8 Å². The van der Waals surface area contributed by atoms with Crippen molar-refractivity contribution in [2.24, 2.45) is 0 Å². The summed E-state index contributed by atoms with van der Waals surface area (Å²) in [4.78, 5) is 8.34. The highest BCUT2D eigenvalue weighted by Crippen LogP contribution is 2.32. The third-order valence-electron chi connectivity index (χ3n) is 3.10. The molecule has 2 aromatic rings. The van der Waals surface area contributed by atoms with Crippen LogP contribution in [0.25, 0.3) is 0 Å². The molecule has 0 amide bonds. The molecule has 112 valence electrons. The first-order chi connectivity index (χ1) is 10.3. The highest BCUT2D eigenvalue weighted by molar-refractivity contribution is 7.99. The van der Waals surface area contributed by atoms with Gasteiger partial charge in [0.05, 0.1) is 20.4 Å². The summed E-state index contributed by atoms with van der Waals surface area (Å²) >= 11 is 1.65. The molecule has 1 aromatic carbocycles. The lowest BCUT2D eigenvalue weighted by Gasteiger charge is -2.19. The van der Waals surface area contributed by atoms with E-state index in [1.54, 1.807) is 44.6 Å². The lowest BCUT2D eigenvalue weighted by atomic mass is 10.1. The normalized spacial score (nSPS) is 12.0. The molecule has 21 heavy (non-hydrogen) atoms. The number of ether oxygens (including phenoxy) is 2. The van der Waals surface area contributed by atoms with Gasteiger partial charge in [0.2, 0.25) is 0 Å². The van der Waals surface area contributed by atoms with Crippen LogP contribution >= 0.6 is 11.8 Å². The predicted molar refractivity (Wildman–Crippen MR) is 84.1 cm³/mol. The molecule has 1 N–H and O–H groups in total. The summed E-state index contributed by atoms with van der Waals surface area (Å²) < 4.78 is 10.7. The van der Waals surface area contributed by atoms with E-state index in [0.717, 1.165) is 27.8 Å². The Morgan fingerprint density at radius 2 is 2.10 bits per heavy atom. The van der Waals surface area contributed by atoms with Crippen LogP contribution in [0.4, 0.5) is 0 Å². The average molecular weight is 305 g/mol. The Kier molecular flexibility index (Phi) is 5.83. The van der Waals surface area contributed by atoms with Crippen molar-refractivity contribution in [2.75, 3.05) is 27.0 Å². The average Bonchev–Trinajstić information content (AvgIpc) is 2.56. The lowest BCUT2D eigenvalue weighted by Crippen LogP contribution is -2.19. The van der Waals surface area contributed by atoms with E-state index in [2.05, 4.69) is 15.3 Å². The Morgan fingerprint density at radius 1 is 1.24 bits per heavy atom. The van der Waals surface area contributed by atoms with Crippen molar-refractivity contribution in [3.63, 3.8) is 0 Å². The second kappa shape index (κ2) is 7.85. The molecule has 0 aliphatic heterocycles. The SMILES string of the molecule is CNC(CSc1cnccn1)c1ccc(OC)cc1OC. The second-order valence-corrected chi connectivity index (χ2v) is 5.34. The topological polar surface area (TPSA) is 56.3 Å². The van der Waals surface area contributed by atoms with Crippen LogP contribution in [0, 0.1) is 0 Å². The number of nitrogens with one attached hydrogen (secondary N) is 1. The van der Waals surface area contributed by atoms with Crippen molar-refractivity contribution in [2.45, 2.75) is 11.1 Å². The van der Waals surface area contributed by atoms with Crippen LogP contribution < -0.4 is 14.8 Å². The van der Waals surface area contributed by atoms with Gasteiger partial charge in [0.25, 0.3) is 0 Å². The Balaban J connectivity index is 2.13. The van der Waals surface area contributed by atoms with Gasteiger partial charge in [-0.05, 0) is 13.1 Å². The van der Waals surface area contributed by atoms with Crippen molar-refractivity contribution < 1.29 is 9.47 Å². The minimum atomic E-state index is 0.151. The van der Waals surface area contributed by atoms with E-state index in [4.69, 9.17) is 9.47 Å². The van der Waals surface area contributed by atoms with Gasteiger partial charge in [0.1, 0.15) is 16.5 Å². The van der Waals surface area contributed by atoms with Crippen LogP contribution in [-0.2, 0) is 0 Å². The fourth-order valence-electron chi connectivity index (χ4n) is 1.96. The monoisotopic (exact) mass is 305 g/mol. The standard InChI is InChI=1S/C15H19N3O2S/c1-16-13(10-21-15-9-17-6-7-18-15)12-5-4-11(19-2)8-14(12)20-3/h4-9,13,16H,10H2,1-3H3. The number of rotatable bonds is 7. The van der Waals surface area contributed by atoms with E-state index in [1.807, 2.05) is 25.2 Å². The molecule has 0 aliphatic rings. The first-order valence-electron chi connectivity index (χ1n) is 6.56. The molecule has 0 saturated heterocycles. The van der Waals surface area contributed by atoms with Gasteiger partial charge < -0.3 is 14.8 Å². The zero-order valence-electron chi connectivity index (χ0n) is 12.4. The van der Waals surface area contributed by atoms with Crippen LogP contribution in [-0.4, -0.2) is 37.0 Å². The van der Waals surface area contributed by atoms with Gasteiger partial charge in [0, 0.05) is 35.8 Å². The predicted octanol–water partition coefficient (Wildman–Crippen LogP) is 2.55. The third kappa shape index (κ3) is 4.09. The van der Waals surface area contributed by atoms with Gasteiger partial charge in [-0.1, -0.05) is 6.07 Å². The van der Waals surface area contributed by atoms with Crippen molar-refractivity contribution in [1.82, 2.24) is 15.3 Å². The molecule has 1 unspecified atom stereocenters. The summed E-state index contributed by atoms with van der Waals surface area (Å²) in [6.45, 7) is 0. The second-order valence-electron chi connectivity index (χ2n) is 4.30. The molecule has 0 fully saturated rings. The Morgan fingerprint density at radius 3 is 2.71 bits per heavy atom. The zero-order chi connectivity index (χ0) is 15.1. The Labute approximate surface area is 129 Å². The van der Waals surface area contributed by atoms with Crippen molar-refractivity contribution in [3.05, 3.63) is 42.4 Å². The van der Waals surface area contributed by atoms with E-state index < -0.39 is 0 Å². The summed E-state index contributed by atoms with van der Waals surface area (Å²) in [5.74, 6) is 2.43. The van der Waals surface area contributed by atoms with E-state index in [-0.39, 0.29) is 6.04 Å². The van der Waals surface area contributed by atoms with Gasteiger partial charge in [0.15, 0.2) is 0 Å². The van der Waals surface area contributed by atoms with Crippen LogP contribution in [0.5, 0.6) is 11.5 Å². The molecule has 1 aromatic heterocycles. The first kappa shape index (κ1) is 15.6. The van der Waals surface area contributed by atoms with E-state index in [0.29, 0.717) is 0 Å².